The SMILES string of the molecule is CC(CNC(=O)c1cc2c(cn1)OCCC2)N1CCCCC1. The lowest BCUT2D eigenvalue weighted by Gasteiger charge is -2.32. The molecule has 1 N–H and O–H groups in total. The van der Waals surface area contributed by atoms with Crippen molar-refractivity contribution in [3.63, 3.8) is 0 Å². The average Bonchev–Trinajstić information content (AvgIpc) is 2.59. The van der Waals surface area contributed by atoms with Gasteiger partial charge in [-0.05, 0) is 57.3 Å². The van der Waals surface area contributed by atoms with Gasteiger partial charge in [0.25, 0.3) is 5.91 Å². The average molecular weight is 303 g/mol. The Bertz CT molecular complexity index is 527. The van der Waals surface area contributed by atoms with Crippen LogP contribution in [0.4, 0.5) is 0 Å². The summed E-state index contributed by atoms with van der Waals surface area (Å²) in [6, 6.07) is 2.25. The van der Waals surface area contributed by atoms with E-state index < -0.39 is 0 Å². The first kappa shape index (κ1) is 15.3. The number of nitrogens with zero attached hydrogens (tertiary/aromatic N) is 2. The number of amides is 1. The minimum Gasteiger partial charge on any atom is -0.492 e. The van der Waals surface area contributed by atoms with E-state index in [-0.39, 0.29) is 5.91 Å². The highest BCUT2D eigenvalue weighted by atomic mass is 16.5. The third kappa shape index (κ3) is 3.58. The number of pyridine rings is 1. The molecule has 3 heterocycles. The summed E-state index contributed by atoms with van der Waals surface area (Å²) in [5.74, 6) is 0.738. The van der Waals surface area contributed by atoms with Crippen LogP contribution in [0.15, 0.2) is 12.3 Å². The number of nitrogens with one attached hydrogen (secondary N) is 1. The zero-order valence-corrected chi connectivity index (χ0v) is 13.3. The fraction of sp³-hybridized carbons (Fsp3) is 0.647. The molecule has 3 rings (SSSR count). The Hall–Kier alpha value is -1.62. The summed E-state index contributed by atoms with van der Waals surface area (Å²) in [4.78, 5) is 19.0. The highest BCUT2D eigenvalue weighted by Gasteiger charge is 2.19. The van der Waals surface area contributed by atoms with Crippen LogP contribution in [0.2, 0.25) is 0 Å². The summed E-state index contributed by atoms with van der Waals surface area (Å²) >= 11 is 0. The second-order valence-electron chi connectivity index (χ2n) is 6.28. The molecular formula is C17H25N3O2. The standard InChI is InChI=1S/C17H25N3O2/c1-13(20-7-3-2-4-8-20)11-19-17(21)15-10-14-6-5-9-22-16(14)12-18-15/h10,12-13H,2-9,11H2,1H3,(H,19,21). The minimum atomic E-state index is -0.0859. The monoisotopic (exact) mass is 303 g/mol. The fourth-order valence-electron chi connectivity index (χ4n) is 3.20. The van der Waals surface area contributed by atoms with E-state index >= 15 is 0 Å². The number of carbonyl (C=O) groups excluding carboxylic acids is 1. The third-order valence-electron chi connectivity index (χ3n) is 4.60. The van der Waals surface area contributed by atoms with Crippen LogP contribution in [0.5, 0.6) is 5.75 Å². The highest BCUT2D eigenvalue weighted by Crippen LogP contribution is 2.23. The number of likely N-dealkylation sites (tertiary alicyclic amines) is 1. The number of hydrogen-bond donors (Lipinski definition) is 1. The summed E-state index contributed by atoms with van der Waals surface area (Å²) in [5, 5.41) is 3.02. The molecule has 2 aliphatic rings. The molecular weight excluding hydrogens is 278 g/mol. The number of carbonyl (C=O) groups is 1. The zero-order chi connectivity index (χ0) is 15.4. The Morgan fingerprint density at radius 1 is 1.36 bits per heavy atom. The van der Waals surface area contributed by atoms with Gasteiger partial charge in [-0.1, -0.05) is 6.42 Å². The molecule has 2 aliphatic heterocycles. The molecule has 0 spiro atoms. The van der Waals surface area contributed by atoms with Crippen molar-refractivity contribution in [3.05, 3.63) is 23.5 Å². The van der Waals surface area contributed by atoms with Crippen molar-refractivity contribution in [3.8, 4) is 5.75 Å². The van der Waals surface area contributed by atoms with Gasteiger partial charge in [-0.2, -0.15) is 0 Å². The molecule has 1 aromatic heterocycles. The topological polar surface area (TPSA) is 54.5 Å². The van der Waals surface area contributed by atoms with Gasteiger partial charge in [0.15, 0.2) is 0 Å². The molecule has 5 heteroatoms. The van der Waals surface area contributed by atoms with Gasteiger partial charge in [-0.25, -0.2) is 4.98 Å². The first-order chi connectivity index (χ1) is 10.7. The van der Waals surface area contributed by atoms with Crippen molar-refractivity contribution >= 4 is 5.91 Å². The van der Waals surface area contributed by atoms with Crippen molar-refractivity contribution in [2.45, 2.75) is 45.1 Å². The smallest absolute Gasteiger partial charge is 0.269 e. The van der Waals surface area contributed by atoms with Crippen LogP contribution in [0.25, 0.3) is 0 Å². The van der Waals surface area contributed by atoms with Crippen LogP contribution in [-0.4, -0.2) is 48.1 Å². The Labute approximate surface area is 132 Å². The molecule has 1 unspecified atom stereocenters. The zero-order valence-electron chi connectivity index (χ0n) is 13.3. The lowest BCUT2D eigenvalue weighted by Crippen LogP contribution is -2.44. The molecule has 0 bridgehead atoms. The van der Waals surface area contributed by atoms with E-state index in [1.807, 2.05) is 6.07 Å². The van der Waals surface area contributed by atoms with E-state index in [1.165, 1.54) is 19.3 Å². The first-order valence-corrected chi connectivity index (χ1v) is 8.38. The van der Waals surface area contributed by atoms with Gasteiger partial charge >= 0.3 is 0 Å². The molecule has 1 fully saturated rings. The van der Waals surface area contributed by atoms with E-state index in [9.17, 15) is 4.79 Å². The predicted octanol–water partition coefficient (Wildman–Crippen LogP) is 2.01. The number of aryl methyl sites for hydroxylation is 1. The van der Waals surface area contributed by atoms with E-state index in [2.05, 4.69) is 22.1 Å². The van der Waals surface area contributed by atoms with Crippen LogP contribution >= 0.6 is 0 Å². The van der Waals surface area contributed by atoms with Crippen LogP contribution < -0.4 is 10.1 Å². The molecule has 1 atom stereocenters. The van der Waals surface area contributed by atoms with Crippen molar-refractivity contribution < 1.29 is 9.53 Å². The van der Waals surface area contributed by atoms with Crippen LogP contribution in [0.1, 0.15) is 48.7 Å². The number of piperidine rings is 1. The maximum absolute atomic E-state index is 12.3. The Kier molecular flexibility index (Phi) is 4.93. The highest BCUT2D eigenvalue weighted by molar-refractivity contribution is 5.92. The Morgan fingerprint density at radius 2 is 2.18 bits per heavy atom. The van der Waals surface area contributed by atoms with Gasteiger partial charge in [0, 0.05) is 12.6 Å². The van der Waals surface area contributed by atoms with Gasteiger partial charge in [-0.3, -0.25) is 9.69 Å². The van der Waals surface area contributed by atoms with E-state index in [0.29, 0.717) is 18.3 Å². The van der Waals surface area contributed by atoms with E-state index in [0.717, 1.165) is 43.9 Å². The van der Waals surface area contributed by atoms with Gasteiger partial charge < -0.3 is 10.1 Å². The maximum Gasteiger partial charge on any atom is 0.269 e. The molecule has 0 radical (unpaired) electrons. The molecule has 0 aliphatic carbocycles. The van der Waals surface area contributed by atoms with Gasteiger partial charge in [-0.15, -0.1) is 0 Å². The largest absolute Gasteiger partial charge is 0.492 e. The second-order valence-corrected chi connectivity index (χ2v) is 6.28. The number of hydrogen-bond acceptors (Lipinski definition) is 4. The van der Waals surface area contributed by atoms with E-state index in [4.69, 9.17) is 4.74 Å². The molecule has 0 saturated carbocycles. The normalized spacial score (nSPS) is 19.9. The lowest BCUT2D eigenvalue weighted by atomic mass is 10.1. The number of fused-ring (bicyclic) bond motifs is 1. The molecule has 1 saturated heterocycles. The van der Waals surface area contributed by atoms with Crippen LogP contribution in [-0.2, 0) is 6.42 Å². The van der Waals surface area contributed by atoms with Crippen molar-refractivity contribution in [1.82, 2.24) is 15.2 Å². The number of rotatable bonds is 4. The Balaban J connectivity index is 1.55. The molecule has 5 nitrogen and oxygen atoms in total. The lowest BCUT2D eigenvalue weighted by molar-refractivity contribution is 0.0924. The van der Waals surface area contributed by atoms with E-state index in [1.54, 1.807) is 6.20 Å². The first-order valence-electron chi connectivity index (χ1n) is 8.38. The van der Waals surface area contributed by atoms with Crippen molar-refractivity contribution in [2.24, 2.45) is 0 Å². The predicted molar refractivity (Wildman–Crippen MR) is 85.3 cm³/mol. The molecule has 120 valence electrons. The minimum absolute atomic E-state index is 0.0859. The number of ether oxygens (including phenoxy) is 1. The van der Waals surface area contributed by atoms with Crippen LogP contribution in [0.3, 0.4) is 0 Å². The summed E-state index contributed by atoms with van der Waals surface area (Å²) in [5.41, 5.74) is 1.59. The van der Waals surface area contributed by atoms with Gasteiger partial charge in [0.2, 0.25) is 0 Å². The summed E-state index contributed by atoms with van der Waals surface area (Å²) in [7, 11) is 0. The van der Waals surface area contributed by atoms with Gasteiger partial charge in [0.1, 0.15) is 11.4 Å². The molecule has 1 aromatic rings. The molecule has 0 aromatic carbocycles. The van der Waals surface area contributed by atoms with Crippen LogP contribution in [0, 0.1) is 0 Å². The summed E-state index contributed by atoms with van der Waals surface area (Å²) in [6.07, 6.45) is 7.51. The summed E-state index contributed by atoms with van der Waals surface area (Å²) in [6.45, 7) is 5.89. The maximum atomic E-state index is 12.3. The third-order valence-corrected chi connectivity index (χ3v) is 4.60. The second kappa shape index (κ2) is 7.09. The van der Waals surface area contributed by atoms with Crippen molar-refractivity contribution in [1.29, 1.82) is 0 Å². The van der Waals surface area contributed by atoms with Gasteiger partial charge in [0.05, 0.1) is 12.8 Å². The Morgan fingerprint density at radius 3 is 3.00 bits per heavy atom. The molecule has 1 amide bonds. The quantitative estimate of drug-likeness (QED) is 0.924. The fourth-order valence-corrected chi connectivity index (χ4v) is 3.20. The number of aromatic nitrogens is 1. The summed E-state index contributed by atoms with van der Waals surface area (Å²) < 4.78 is 5.53. The van der Waals surface area contributed by atoms with Crippen molar-refractivity contribution in [2.75, 3.05) is 26.2 Å². The molecule has 22 heavy (non-hydrogen) atoms.